The number of pyridine rings is 1. The van der Waals surface area contributed by atoms with Gasteiger partial charge in [0.25, 0.3) is 5.82 Å². The summed E-state index contributed by atoms with van der Waals surface area (Å²) >= 11 is 0. The monoisotopic (exact) mass is 343 g/mol. The average molecular weight is 343 g/mol. The number of aromatic amines is 1. The first kappa shape index (κ1) is 15.7. The van der Waals surface area contributed by atoms with Crippen LogP contribution in [0.3, 0.4) is 0 Å². The molecule has 0 bridgehead atoms. The largest absolute Gasteiger partial charge is 0.454 e. The molecule has 1 aliphatic heterocycles. The van der Waals surface area contributed by atoms with E-state index in [2.05, 4.69) is 17.1 Å². The van der Waals surface area contributed by atoms with E-state index < -0.39 is 0 Å². The molecule has 0 fully saturated rings. The molecular formula is C20H15N4O2+. The van der Waals surface area contributed by atoms with E-state index >= 15 is 0 Å². The summed E-state index contributed by atoms with van der Waals surface area (Å²) in [4.78, 5) is 3.03. The number of aromatic nitrogens is 1. The van der Waals surface area contributed by atoms with Crippen LogP contribution in [0.25, 0.3) is 17.2 Å². The molecule has 4 rings (SSSR count). The second-order valence-corrected chi connectivity index (χ2v) is 6.18. The van der Waals surface area contributed by atoms with Gasteiger partial charge in [0.15, 0.2) is 17.2 Å². The maximum atomic E-state index is 9.60. The fraction of sp³-hybridized carbons (Fsp3) is 0.150. The number of nitrogens with two attached hydrogens (primary N) is 1. The number of hydrogen-bond donors (Lipinski definition) is 1. The summed E-state index contributed by atoms with van der Waals surface area (Å²) in [5, 5.41) is 19.0. The molecule has 0 saturated heterocycles. The van der Waals surface area contributed by atoms with E-state index in [9.17, 15) is 10.5 Å². The Kier molecular flexibility index (Phi) is 3.42. The van der Waals surface area contributed by atoms with Gasteiger partial charge in [0.1, 0.15) is 23.3 Å². The van der Waals surface area contributed by atoms with E-state index in [1.807, 2.05) is 38.1 Å². The zero-order valence-corrected chi connectivity index (χ0v) is 14.3. The second-order valence-electron chi connectivity index (χ2n) is 6.18. The van der Waals surface area contributed by atoms with E-state index in [1.165, 1.54) is 0 Å². The molecule has 2 heterocycles. The Bertz CT molecular complexity index is 1110. The van der Waals surface area contributed by atoms with Crippen LogP contribution in [0.2, 0.25) is 0 Å². The number of nitrogens with zero attached hydrogens (tertiary/aromatic N) is 2. The van der Waals surface area contributed by atoms with Crippen molar-refractivity contribution in [1.29, 1.82) is 10.5 Å². The molecule has 0 unspecified atom stereocenters. The van der Waals surface area contributed by atoms with E-state index in [0.29, 0.717) is 28.3 Å². The van der Waals surface area contributed by atoms with Crippen LogP contribution >= 0.6 is 0 Å². The molecule has 0 atom stereocenters. The molecule has 2 aromatic rings. The minimum atomic E-state index is 0.217. The van der Waals surface area contributed by atoms with E-state index in [0.717, 1.165) is 27.8 Å². The zero-order chi connectivity index (χ0) is 18.4. The van der Waals surface area contributed by atoms with Crippen LogP contribution < -0.4 is 20.2 Å². The third kappa shape index (κ3) is 2.13. The molecule has 1 aromatic carbocycles. The van der Waals surface area contributed by atoms with Crippen LogP contribution in [0, 0.1) is 29.6 Å². The number of ether oxygens (including phenoxy) is 2. The van der Waals surface area contributed by atoms with Gasteiger partial charge < -0.3 is 9.47 Å². The highest BCUT2D eigenvalue weighted by molar-refractivity contribution is 6.07. The van der Waals surface area contributed by atoms with Crippen LogP contribution in [0.5, 0.6) is 11.5 Å². The number of allylic oxidation sites excluding steroid dienone is 3. The molecule has 6 nitrogen and oxygen atoms in total. The topological polar surface area (TPSA) is 106 Å². The molecule has 0 saturated carbocycles. The first-order chi connectivity index (χ1) is 12.5. The average Bonchev–Trinajstić information content (AvgIpc) is 3.18. The Hall–Kier alpha value is -3.77. The molecule has 0 radical (unpaired) electrons. The van der Waals surface area contributed by atoms with Gasteiger partial charge in [0.2, 0.25) is 6.79 Å². The smallest absolute Gasteiger partial charge is 0.289 e. The summed E-state index contributed by atoms with van der Waals surface area (Å²) in [5.41, 5.74) is 11.8. The van der Waals surface area contributed by atoms with Crippen LogP contribution in [0.4, 0.5) is 5.82 Å². The summed E-state index contributed by atoms with van der Waals surface area (Å²) in [5.74, 6) is 1.68. The normalized spacial score (nSPS) is 15.8. The van der Waals surface area contributed by atoms with Crippen molar-refractivity contribution in [3.8, 4) is 23.6 Å². The number of benzene rings is 1. The van der Waals surface area contributed by atoms with Crippen LogP contribution in [-0.2, 0) is 0 Å². The summed E-state index contributed by atoms with van der Waals surface area (Å²) in [6, 6.07) is 10.1. The van der Waals surface area contributed by atoms with Gasteiger partial charge in [-0.3, -0.25) is 5.73 Å². The predicted molar refractivity (Wildman–Crippen MR) is 95.5 cm³/mol. The van der Waals surface area contributed by atoms with E-state index in [4.69, 9.17) is 15.2 Å². The fourth-order valence-corrected chi connectivity index (χ4v) is 3.44. The molecular weight excluding hydrogens is 328 g/mol. The molecule has 1 aromatic heterocycles. The molecule has 0 amide bonds. The minimum absolute atomic E-state index is 0.217. The predicted octanol–water partition coefficient (Wildman–Crippen LogP) is 2.84. The third-order valence-corrected chi connectivity index (χ3v) is 4.76. The minimum Gasteiger partial charge on any atom is -0.454 e. The van der Waals surface area contributed by atoms with Crippen molar-refractivity contribution in [2.75, 3.05) is 12.5 Å². The number of nitrogen functional groups attached to an aromatic ring is 1. The van der Waals surface area contributed by atoms with Gasteiger partial charge in [-0.25, -0.2) is 4.98 Å². The van der Waals surface area contributed by atoms with Gasteiger partial charge in [-0.2, -0.15) is 10.5 Å². The van der Waals surface area contributed by atoms with Crippen molar-refractivity contribution in [3.63, 3.8) is 0 Å². The number of fused-ring (bicyclic) bond motifs is 2. The highest BCUT2D eigenvalue weighted by atomic mass is 16.7. The fourth-order valence-electron chi connectivity index (χ4n) is 3.44. The van der Waals surface area contributed by atoms with E-state index in [1.54, 1.807) is 0 Å². The summed E-state index contributed by atoms with van der Waals surface area (Å²) in [6.07, 6.45) is 1.98. The lowest BCUT2D eigenvalue weighted by molar-refractivity contribution is -0.364. The first-order valence-corrected chi connectivity index (χ1v) is 8.04. The number of H-pyrrole nitrogens is 1. The standard InChI is InChI=1S/C20H14N4O2/c1-10-13(5-12-3-4-16-17(6-12)26-9-25-16)18-11(2)15(8-22)20(23)24-19(18)14(10)7-21/h3-6H,9H2,1-2H3,(H2,23,24)/p+1. The highest BCUT2D eigenvalue weighted by Crippen LogP contribution is 2.43. The van der Waals surface area contributed by atoms with Crippen molar-refractivity contribution in [3.05, 3.63) is 51.7 Å². The molecule has 0 spiro atoms. The van der Waals surface area contributed by atoms with Crippen molar-refractivity contribution < 1.29 is 14.5 Å². The number of nitrogens with one attached hydrogen (secondary N) is 1. The van der Waals surface area contributed by atoms with Gasteiger partial charge in [-0.15, -0.1) is 0 Å². The van der Waals surface area contributed by atoms with Gasteiger partial charge in [0, 0.05) is 5.56 Å². The van der Waals surface area contributed by atoms with Gasteiger partial charge in [0.05, 0.1) is 0 Å². The van der Waals surface area contributed by atoms with Crippen molar-refractivity contribution in [2.24, 2.45) is 0 Å². The molecule has 6 heteroatoms. The zero-order valence-electron chi connectivity index (χ0n) is 14.3. The highest BCUT2D eigenvalue weighted by Gasteiger charge is 2.32. The van der Waals surface area contributed by atoms with Crippen LogP contribution in [-0.4, -0.2) is 6.79 Å². The Morgan fingerprint density at radius 3 is 2.65 bits per heavy atom. The van der Waals surface area contributed by atoms with Crippen LogP contribution in [0.1, 0.15) is 34.9 Å². The van der Waals surface area contributed by atoms with Gasteiger partial charge >= 0.3 is 0 Å². The second kappa shape index (κ2) is 5.65. The number of anilines is 1. The van der Waals surface area contributed by atoms with Crippen molar-refractivity contribution in [1.82, 2.24) is 0 Å². The van der Waals surface area contributed by atoms with Crippen LogP contribution in [0.15, 0.2) is 23.8 Å². The Morgan fingerprint density at radius 2 is 1.92 bits per heavy atom. The first-order valence-electron chi connectivity index (χ1n) is 8.04. The summed E-state index contributed by atoms with van der Waals surface area (Å²) in [6.45, 7) is 3.96. The third-order valence-electron chi connectivity index (χ3n) is 4.76. The Labute approximate surface area is 150 Å². The summed E-state index contributed by atoms with van der Waals surface area (Å²) < 4.78 is 10.8. The maximum absolute atomic E-state index is 9.60. The maximum Gasteiger partial charge on any atom is 0.289 e. The SMILES string of the molecule is CC1=C(C#N)c2[nH+]c(N)c(C#N)c(C)c2C1=Cc1ccc2c(c1)OCO2. The molecule has 2 aliphatic rings. The summed E-state index contributed by atoms with van der Waals surface area (Å²) in [7, 11) is 0. The number of rotatable bonds is 1. The molecule has 126 valence electrons. The van der Waals surface area contributed by atoms with Crippen molar-refractivity contribution >= 4 is 23.0 Å². The lowest BCUT2D eigenvalue weighted by atomic mass is 9.95. The molecule has 3 N–H and O–H groups in total. The quantitative estimate of drug-likeness (QED) is 0.857. The molecule has 26 heavy (non-hydrogen) atoms. The molecule has 1 aliphatic carbocycles. The Balaban J connectivity index is 1.95. The number of hydrogen-bond acceptors (Lipinski definition) is 5. The van der Waals surface area contributed by atoms with Gasteiger partial charge in [-0.05, 0) is 54.3 Å². The lowest BCUT2D eigenvalue weighted by Gasteiger charge is -2.08. The Morgan fingerprint density at radius 1 is 1.15 bits per heavy atom. The number of nitriles is 2. The van der Waals surface area contributed by atoms with Crippen molar-refractivity contribution in [2.45, 2.75) is 13.8 Å². The lowest BCUT2D eigenvalue weighted by Crippen LogP contribution is -2.20. The van der Waals surface area contributed by atoms with E-state index in [-0.39, 0.29) is 12.6 Å². The van der Waals surface area contributed by atoms with Gasteiger partial charge in [-0.1, -0.05) is 6.07 Å².